The van der Waals surface area contributed by atoms with E-state index in [2.05, 4.69) is 0 Å². The third-order valence-electron chi connectivity index (χ3n) is 5.18. The minimum atomic E-state index is -4.01. The number of unbranched alkanes of at least 4 members (excludes halogenated alkanes) is 1. The number of amides is 1. The molecular formula is C23H25Cl2N3O5S. The van der Waals surface area contributed by atoms with Gasteiger partial charge in [-0.25, -0.2) is 13.2 Å². The third kappa shape index (κ3) is 6.54. The minimum Gasteiger partial charge on any atom is -0.456 e. The SMILES string of the molecule is Cc1cc(Cl)cc(Oc2ccc(C#N)cc2S(=O)(=O)N2CCN(C(=O)OCCCCCl)CC2)c1. The van der Waals surface area contributed by atoms with Gasteiger partial charge in [0.2, 0.25) is 10.0 Å². The minimum absolute atomic E-state index is 0.0850. The van der Waals surface area contributed by atoms with Gasteiger partial charge in [0, 0.05) is 37.1 Å². The summed E-state index contributed by atoms with van der Waals surface area (Å²) in [5.41, 5.74) is 1.04. The van der Waals surface area contributed by atoms with E-state index in [-0.39, 0.29) is 49.0 Å². The fourth-order valence-electron chi connectivity index (χ4n) is 3.45. The maximum absolute atomic E-state index is 13.5. The molecule has 1 amide bonds. The number of hydrogen-bond donors (Lipinski definition) is 0. The molecule has 1 aliphatic rings. The van der Waals surface area contributed by atoms with Crippen LogP contribution in [0.15, 0.2) is 41.3 Å². The number of sulfonamides is 1. The van der Waals surface area contributed by atoms with Crippen LogP contribution in [0.3, 0.4) is 0 Å². The van der Waals surface area contributed by atoms with E-state index in [9.17, 15) is 18.5 Å². The lowest BCUT2D eigenvalue weighted by Crippen LogP contribution is -2.50. The van der Waals surface area contributed by atoms with Crippen molar-refractivity contribution < 1.29 is 22.7 Å². The zero-order chi connectivity index (χ0) is 24.7. The molecule has 1 saturated heterocycles. The highest BCUT2D eigenvalue weighted by Gasteiger charge is 2.33. The van der Waals surface area contributed by atoms with Gasteiger partial charge < -0.3 is 14.4 Å². The van der Waals surface area contributed by atoms with E-state index >= 15 is 0 Å². The molecule has 1 fully saturated rings. The molecule has 0 radical (unpaired) electrons. The van der Waals surface area contributed by atoms with Crippen LogP contribution in [-0.2, 0) is 14.8 Å². The van der Waals surface area contributed by atoms with Gasteiger partial charge in [-0.3, -0.25) is 0 Å². The van der Waals surface area contributed by atoms with Crippen molar-refractivity contribution in [2.24, 2.45) is 0 Å². The lowest BCUT2D eigenvalue weighted by atomic mass is 10.2. The summed E-state index contributed by atoms with van der Waals surface area (Å²) in [6.45, 7) is 2.67. The van der Waals surface area contributed by atoms with E-state index in [1.165, 1.54) is 27.4 Å². The molecule has 0 unspecified atom stereocenters. The standard InChI is InChI=1S/C23H25Cl2N3O5S/c1-17-12-19(25)15-20(13-17)33-21-5-4-18(16-26)14-22(21)34(30,31)28-9-7-27(8-10-28)23(29)32-11-3-2-6-24/h4-5,12-15H,2-3,6-11H2,1H3. The highest BCUT2D eigenvalue weighted by Crippen LogP contribution is 2.33. The molecule has 1 heterocycles. The number of carbonyl (C=O) groups is 1. The molecule has 0 spiro atoms. The van der Waals surface area contributed by atoms with Gasteiger partial charge in [0.1, 0.15) is 16.4 Å². The molecule has 1 aliphatic heterocycles. The first-order valence-corrected chi connectivity index (χ1v) is 13.1. The average molecular weight is 526 g/mol. The van der Waals surface area contributed by atoms with Crippen LogP contribution < -0.4 is 4.74 Å². The van der Waals surface area contributed by atoms with E-state index in [1.54, 1.807) is 18.2 Å². The van der Waals surface area contributed by atoms with Crippen molar-refractivity contribution in [3.05, 3.63) is 52.5 Å². The van der Waals surface area contributed by atoms with Gasteiger partial charge in [-0.15, -0.1) is 11.6 Å². The van der Waals surface area contributed by atoms with Gasteiger partial charge in [-0.1, -0.05) is 11.6 Å². The summed E-state index contributed by atoms with van der Waals surface area (Å²) in [6.07, 6.45) is 0.952. The van der Waals surface area contributed by atoms with E-state index in [0.29, 0.717) is 23.1 Å². The van der Waals surface area contributed by atoms with Crippen LogP contribution in [0.4, 0.5) is 4.79 Å². The highest BCUT2D eigenvalue weighted by molar-refractivity contribution is 7.89. The molecule has 182 valence electrons. The maximum Gasteiger partial charge on any atom is 0.409 e. The monoisotopic (exact) mass is 525 g/mol. The average Bonchev–Trinajstić information content (AvgIpc) is 2.81. The van der Waals surface area contributed by atoms with Crippen LogP contribution in [0.1, 0.15) is 24.0 Å². The summed E-state index contributed by atoms with van der Waals surface area (Å²) < 4.78 is 39.3. The second kappa shape index (κ2) is 11.8. The predicted molar refractivity (Wildman–Crippen MR) is 129 cm³/mol. The van der Waals surface area contributed by atoms with Crippen LogP contribution >= 0.6 is 23.2 Å². The number of ether oxygens (including phenoxy) is 2. The molecule has 0 saturated carbocycles. The lowest BCUT2D eigenvalue weighted by molar-refractivity contribution is 0.0882. The lowest BCUT2D eigenvalue weighted by Gasteiger charge is -2.33. The quantitative estimate of drug-likeness (QED) is 0.363. The summed E-state index contributed by atoms with van der Waals surface area (Å²) in [4.78, 5) is 13.6. The van der Waals surface area contributed by atoms with Gasteiger partial charge in [-0.2, -0.15) is 9.57 Å². The smallest absolute Gasteiger partial charge is 0.409 e. The van der Waals surface area contributed by atoms with Crippen molar-refractivity contribution >= 4 is 39.3 Å². The topological polar surface area (TPSA) is 99.9 Å². The first kappa shape index (κ1) is 26.1. The van der Waals surface area contributed by atoms with Gasteiger partial charge in [0.25, 0.3) is 0 Å². The molecule has 2 aromatic rings. The number of halogens is 2. The Labute approximate surface area is 209 Å². The van der Waals surface area contributed by atoms with Crippen LogP contribution in [-0.4, -0.2) is 62.4 Å². The molecule has 34 heavy (non-hydrogen) atoms. The summed E-state index contributed by atoms with van der Waals surface area (Å²) >= 11 is 11.7. The van der Waals surface area contributed by atoms with Gasteiger partial charge in [-0.05, 0) is 61.7 Å². The molecule has 8 nitrogen and oxygen atoms in total. The number of alkyl halides is 1. The molecule has 3 rings (SSSR count). The number of rotatable bonds is 8. The first-order valence-electron chi connectivity index (χ1n) is 10.7. The fourth-order valence-corrected chi connectivity index (χ4v) is 5.48. The molecule has 0 atom stereocenters. The first-order chi connectivity index (χ1) is 16.2. The second-order valence-corrected chi connectivity index (χ2v) is 10.5. The van der Waals surface area contributed by atoms with Crippen molar-refractivity contribution in [3.63, 3.8) is 0 Å². The summed E-state index contributed by atoms with van der Waals surface area (Å²) in [5.74, 6) is 0.971. The van der Waals surface area contributed by atoms with Crippen LogP contribution in [0.2, 0.25) is 5.02 Å². The van der Waals surface area contributed by atoms with Gasteiger partial charge in [0.15, 0.2) is 0 Å². The Balaban J connectivity index is 1.77. The number of hydrogen-bond acceptors (Lipinski definition) is 6. The van der Waals surface area contributed by atoms with E-state index < -0.39 is 16.1 Å². The Bertz CT molecular complexity index is 1160. The summed E-state index contributed by atoms with van der Waals surface area (Å²) in [7, 11) is -4.01. The molecular weight excluding hydrogens is 501 g/mol. The second-order valence-electron chi connectivity index (χ2n) is 7.74. The van der Waals surface area contributed by atoms with Crippen molar-refractivity contribution in [1.29, 1.82) is 5.26 Å². The van der Waals surface area contributed by atoms with Crippen LogP contribution in [0.5, 0.6) is 11.5 Å². The summed E-state index contributed by atoms with van der Waals surface area (Å²) in [5, 5.41) is 9.77. The Morgan fingerprint density at radius 1 is 1.12 bits per heavy atom. The number of aryl methyl sites for hydroxylation is 1. The maximum atomic E-state index is 13.5. The van der Waals surface area contributed by atoms with Crippen molar-refractivity contribution in [2.45, 2.75) is 24.7 Å². The molecule has 0 aromatic heterocycles. The Hall–Kier alpha value is -2.51. The molecule has 0 aliphatic carbocycles. The zero-order valence-electron chi connectivity index (χ0n) is 18.7. The van der Waals surface area contributed by atoms with Gasteiger partial charge >= 0.3 is 6.09 Å². The highest BCUT2D eigenvalue weighted by atomic mass is 35.5. The predicted octanol–water partition coefficient (Wildman–Crippen LogP) is 4.77. The normalized spacial score (nSPS) is 14.5. The van der Waals surface area contributed by atoms with Crippen LogP contribution in [0, 0.1) is 18.3 Å². The number of carbonyl (C=O) groups excluding carboxylic acids is 1. The number of nitrogens with zero attached hydrogens (tertiary/aromatic N) is 3. The Kier molecular flexibility index (Phi) is 9.03. The van der Waals surface area contributed by atoms with Crippen molar-refractivity contribution in [1.82, 2.24) is 9.21 Å². The van der Waals surface area contributed by atoms with E-state index in [4.69, 9.17) is 32.7 Å². The summed E-state index contributed by atoms with van der Waals surface area (Å²) in [6, 6.07) is 11.3. The Morgan fingerprint density at radius 2 is 1.85 bits per heavy atom. The number of nitriles is 1. The molecule has 2 aromatic carbocycles. The number of piperazine rings is 1. The zero-order valence-corrected chi connectivity index (χ0v) is 21.0. The molecule has 11 heteroatoms. The Morgan fingerprint density at radius 3 is 2.50 bits per heavy atom. The largest absolute Gasteiger partial charge is 0.456 e. The van der Waals surface area contributed by atoms with E-state index in [1.807, 2.05) is 13.0 Å². The molecule has 0 bridgehead atoms. The van der Waals surface area contributed by atoms with Gasteiger partial charge in [0.05, 0.1) is 18.2 Å². The third-order valence-corrected chi connectivity index (χ3v) is 7.59. The van der Waals surface area contributed by atoms with E-state index in [0.717, 1.165) is 12.0 Å². The fraction of sp³-hybridized carbons (Fsp3) is 0.391. The van der Waals surface area contributed by atoms with Crippen LogP contribution in [0.25, 0.3) is 0 Å². The molecule has 0 N–H and O–H groups in total. The van der Waals surface area contributed by atoms with Crippen molar-refractivity contribution in [3.8, 4) is 17.6 Å². The number of benzene rings is 2. The van der Waals surface area contributed by atoms with Crippen molar-refractivity contribution in [2.75, 3.05) is 38.7 Å².